The van der Waals surface area contributed by atoms with E-state index < -0.39 is 0 Å². The summed E-state index contributed by atoms with van der Waals surface area (Å²) >= 11 is 0. The van der Waals surface area contributed by atoms with Gasteiger partial charge in [-0.3, -0.25) is 0 Å². The first-order valence-corrected chi connectivity index (χ1v) is 4.84. The minimum Gasteiger partial charge on any atom is -0.226 e. The van der Waals surface area contributed by atoms with Crippen LogP contribution in [0.25, 0.3) is 0 Å². The second kappa shape index (κ2) is 3.92. The topological polar surface area (TPSA) is 77.2 Å². The van der Waals surface area contributed by atoms with Crippen LogP contribution in [0.15, 0.2) is 24.3 Å². The fourth-order valence-electron chi connectivity index (χ4n) is 1.69. The molecule has 2 aliphatic heterocycles. The van der Waals surface area contributed by atoms with E-state index in [0.717, 1.165) is 0 Å². The summed E-state index contributed by atoms with van der Waals surface area (Å²) in [7, 11) is 0. The van der Waals surface area contributed by atoms with Gasteiger partial charge in [-0.05, 0) is 0 Å². The van der Waals surface area contributed by atoms with Gasteiger partial charge in [0.15, 0.2) is 0 Å². The molecule has 2 N–H and O–H groups in total. The van der Waals surface area contributed by atoms with Crippen molar-refractivity contribution in [2.24, 2.45) is 0 Å². The van der Waals surface area contributed by atoms with Gasteiger partial charge in [0.25, 0.3) is 0 Å². The monoisotopic (exact) mass is 222 g/mol. The lowest BCUT2D eigenvalue weighted by Gasteiger charge is -2.10. The molecule has 0 aliphatic carbocycles. The number of rotatable bonds is 3. The van der Waals surface area contributed by atoms with Gasteiger partial charge in [-0.1, -0.05) is 0 Å². The fraction of sp³-hybridized carbons (Fsp3) is 0.200. The lowest BCUT2D eigenvalue weighted by molar-refractivity contribution is -0.794. The SMILES string of the molecule is O=C1C=CC(=O)[NH+]1CC[NH+]1C(=O)C=CC1=O. The van der Waals surface area contributed by atoms with Crippen molar-refractivity contribution in [3.63, 3.8) is 0 Å². The van der Waals surface area contributed by atoms with Crippen molar-refractivity contribution in [1.29, 1.82) is 0 Å². The molecule has 4 amide bonds. The maximum atomic E-state index is 11.2. The van der Waals surface area contributed by atoms with Crippen molar-refractivity contribution in [3.05, 3.63) is 24.3 Å². The molecule has 2 aliphatic rings. The standard InChI is InChI=1S/C10H8N2O4/c13-7-1-2-8(14)11(7)5-6-12-9(15)3-4-10(12)16/h1-4H,5-6H2/p+2. The molecule has 0 unspecified atom stereocenters. The van der Waals surface area contributed by atoms with E-state index in [2.05, 4.69) is 0 Å². The van der Waals surface area contributed by atoms with Gasteiger partial charge >= 0.3 is 23.6 Å². The number of amides is 4. The Balaban J connectivity index is 1.93. The molecule has 0 aromatic rings. The van der Waals surface area contributed by atoms with Gasteiger partial charge in [-0.2, -0.15) is 9.80 Å². The predicted molar refractivity (Wildman–Crippen MR) is 50.0 cm³/mol. The van der Waals surface area contributed by atoms with E-state index in [1.807, 2.05) is 0 Å². The van der Waals surface area contributed by atoms with Crippen LogP contribution in [0.4, 0.5) is 0 Å². The van der Waals surface area contributed by atoms with Gasteiger partial charge in [0.05, 0.1) is 24.3 Å². The van der Waals surface area contributed by atoms with Crippen molar-refractivity contribution < 1.29 is 29.0 Å². The average Bonchev–Trinajstić information content (AvgIpc) is 2.72. The van der Waals surface area contributed by atoms with Crippen molar-refractivity contribution in [3.8, 4) is 0 Å². The van der Waals surface area contributed by atoms with Gasteiger partial charge in [0.2, 0.25) is 0 Å². The highest BCUT2D eigenvalue weighted by Crippen LogP contribution is 1.80. The third kappa shape index (κ3) is 1.75. The summed E-state index contributed by atoms with van der Waals surface area (Å²) in [6.07, 6.45) is 4.83. The molecule has 0 spiro atoms. The summed E-state index contributed by atoms with van der Waals surface area (Å²) in [6, 6.07) is 0. The molecule has 0 saturated carbocycles. The largest absolute Gasteiger partial charge is 0.345 e. The van der Waals surface area contributed by atoms with Crippen LogP contribution in [0.1, 0.15) is 0 Å². The van der Waals surface area contributed by atoms with Crippen molar-refractivity contribution in [2.75, 3.05) is 13.1 Å². The number of quaternary nitrogens is 2. The van der Waals surface area contributed by atoms with Crippen molar-refractivity contribution in [1.82, 2.24) is 0 Å². The number of carbonyl (C=O) groups excluding carboxylic acids is 4. The molecule has 2 rings (SSSR count). The first-order chi connectivity index (χ1) is 7.59. The summed E-state index contributed by atoms with van der Waals surface area (Å²) < 4.78 is 0. The second-order valence-corrected chi connectivity index (χ2v) is 3.58. The number of hydrogen-bond donors (Lipinski definition) is 2. The summed E-state index contributed by atoms with van der Waals surface area (Å²) in [4.78, 5) is 45.2. The second-order valence-electron chi connectivity index (χ2n) is 3.58. The fourth-order valence-corrected chi connectivity index (χ4v) is 1.69. The first-order valence-electron chi connectivity index (χ1n) is 4.84. The Morgan fingerprint density at radius 2 is 0.875 bits per heavy atom. The van der Waals surface area contributed by atoms with E-state index in [9.17, 15) is 19.2 Å². The van der Waals surface area contributed by atoms with Gasteiger partial charge in [0, 0.05) is 0 Å². The van der Waals surface area contributed by atoms with Crippen molar-refractivity contribution >= 4 is 23.6 Å². The molecule has 0 atom stereocenters. The third-order valence-corrected chi connectivity index (χ3v) is 2.59. The summed E-state index contributed by atoms with van der Waals surface area (Å²) in [6.45, 7) is 0.304. The van der Waals surface area contributed by atoms with E-state index in [1.54, 1.807) is 0 Å². The Morgan fingerprint density at radius 1 is 0.625 bits per heavy atom. The molecular formula is C10H10N2O4+2. The smallest absolute Gasteiger partial charge is 0.226 e. The average molecular weight is 222 g/mol. The summed E-state index contributed by atoms with van der Waals surface area (Å²) in [5, 5.41) is 0. The normalized spacial score (nSPS) is 21.8. The molecule has 0 aromatic heterocycles. The zero-order valence-electron chi connectivity index (χ0n) is 8.36. The Labute approximate surface area is 90.8 Å². The maximum absolute atomic E-state index is 11.2. The summed E-state index contributed by atoms with van der Waals surface area (Å²) in [5.41, 5.74) is 0. The van der Waals surface area contributed by atoms with Gasteiger partial charge in [-0.15, -0.1) is 0 Å². The van der Waals surface area contributed by atoms with Crippen LogP contribution < -0.4 is 9.80 Å². The lowest BCUT2D eigenvalue weighted by atomic mass is 10.4. The number of carbonyl (C=O) groups is 4. The highest BCUT2D eigenvalue weighted by atomic mass is 16.2. The highest BCUT2D eigenvalue weighted by molar-refractivity contribution is 6.02. The van der Waals surface area contributed by atoms with Crippen LogP contribution in [0.2, 0.25) is 0 Å². The molecule has 0 fully saturated rings. The Hall–Kier alpha value is -1.92. The van der Waals surface area contributed by atoms with Crippen LogP contribution in [-0.2, 0) is 19.2 Å². The summed E-state index contributed by atoms with van der Waals surface area (Å²) in [5.74, 6) is -1.29. The van der Waals surface area contributed by atoms with E-state index in [-0.39, 0.29) is 46.5 Å². The molecule has 6 nitrogen and oxygen atoms in total. The number of imide groups is 2. The Bertz CT molecular complexity index is 372. The van der Waals surface area contributed by atoms with Gasteiger partial charge in [-0.25, -0.2) is 19.2 Å². The highest BCUT2D eigenvalue weighted by Gasteiger charge is 2.35. The van der Waals surface area contributed by atoms with Crippen LogP contribution in [0.5, 0.6) is 0 Å². The van der Waals surface area contributed by atoms with Crippen LogP contribution >= 0.6 is 0 Å². The van der Waals surface area contributed by atoms with E-state index in [4.69, 9.17) is 0 Å². The maximum Gasteiger partial charge on any atom is 0.345 e. The lowest BCUT2D eigenvalue weighted by Crippen LogP contribution is -3.23. The van der Waals surface area contributed by atoms with E-state index in [0.29, 0.717) is 0 Å². The quantitative estimate of drug-likeness (QED) is 0.477. The molecular weight excluding hydrogens is 212 g/mol. The Kier molecular flexibility index (Phi) is 2.59. The minimum absolute atomic E-state index is 0.152. The van der Waals surface area contributed by atoms with Crippen LogP contribution in [0.3, 0.4) is 0 Å². The third-order valence-electron chi connectivity index (χ3n) is 2.59. The molecule has 6 heteroatoms. The zero-order chi connectivity index (χ0) is 11.7. The molecule has 0 saturated heterocycles. The minimum atomic E-state index is -0.323. The molecule has 2 heterocycles. The molecule has 16 heavy (non-hydrogen) atoms. The molecule has 0 bridgehead atoms. The predicted octanol–water partition coefficient (Wildman–Crippen LogP) is -4.00. The molecule has 0 radical (unpaired) electrons. The molecule has 0 aromatic carbocycles. The van der Waals surface area contributed by atoms with Gasteiger partial charge < -0.3 is 0 Å². The first kappa shape index (κ1) is 10.6. The molecule has 82 valence electrons. The Morgan fingerprint density at radius 3 is 1.12 bits per heavy atom. The van der Waals surface area contributed by atoms with E-state index >= 15 is 0 Å². The number of hydrogen-bond acceptors (Lipinski definition) is 4. The number of nitrogens with one attached hydrogen (secondary N) is 2. The van der Waals surface area contributed by atoms with E-state index in [1.165, 1.54) is 24.3 Å². The van der Waals surface area contributed by atoms with Gasteiger partial charge in [0.1, 0.15) is 13.1 Å². The zero-order valence-corrected chi connectivity index (χ0v) is 8.36. The van der Waals surface area contributed by atoms with Crippen LogP contribution in [0, 0.1) is 0 Å². The van der Waals surface area contributed by atoms with Crippen molar-refractivity contribution in [2.45, 2.75) is 0 Å². The van der Waals surface area contributed by atoms with Crippen LogP contribution in [-0.4, -0.2) is 36.7 Å².